The van der Waals surface area contributed by atoms with E-state index in [2.05, 4.69) is 4.72 Å². The zero-order valence-electron chi connectivity index (χ0n) is 11.8. The molecular weight excluding hydrogens is 284 g/mol. The average molecular weight is 304 g/mol. The maximum atomic E-state index is 12.5. The van der Waals surface area contributed by atoms with E-state index in [1.807, 2.05) is 30.3 Å². The minimum atomic E-state index is -3.46. The minimum absolute atomic E-state index is 0.00118. The van der Waals surface area contributed by atoms with Crippen molar-refractivity contribution >= 4 is 20.8 Å². The monoisotopic (exact) mass is 304 g/mol. The summed E-state index contributed by atoms with van der Waals surface area (Å²) in [5, 5.41) is 1.98. The van der Waals surface area contributed by atoms with Gasteiger partial charge in [0.2, 0.25) is 10.0 Å². The van der Waals surface area contributed by atoms with Gasteiger partial charge >= 0.3 is 0 Å². The van der Waals surface area contributed by atoms with Crippen LogP contribution in [0.15, 0.2) is 47.4 Å². The molecule has 21 heavy (non-hydrogen) atoms. The highest BCUT2D eigenvalue weighted by Gasteiger charge is 2.24. The molecule has 0 aliphatic heterocycles. The Morgan fingerprint density at radius 3 is 2.33 bits per heavy atom. The summed E-state index contributed by atoms with van der Waals surface area (Å²) < 4.78 is 27.8. The Balaban J connectivity index is 1.82. The summed E-state index contributed by atoms with van der Waals surface area (Å²) in [6, 6.07) is 13.2. The molecule has 0 unspecified atom stereocenters. The van der Waals surface area contributed by atoms with Crippen LogP contribution in [0.25, 0.3) is 10.8 Å². The van der Waals surface area contributed by atoms with Crippen LogP contribution >= 0.6 is 0 Å². The van der Waals surface area contributed by atoms with E-state index in [1.54, 1.807) is 12.1 Å². The summed E-state index contributed by atoms with van der Waals surface area (Å²) in [6.45, 7) is 0. The predicted octanol–water partition coefficient (Wildman–Crippen LogP) is 2.39. The molecule has 2 aromatic rings. The standard InChI is InChI=1S/C16H20N2O2S/c17-14-6-8-15(9-7-14)18-21(19,20)16-10-5-12-3-1-2-4-13(12)11-16/h1-5,10-11,14-15,18H,6-9,17H2. The zero-order valence-corrected chi connectivity index (χ0v) is 12.6. The van der Waals surface area contributed by atoms with Gasteiger partial charge in [0.05, 0.1) is 4.90 Å². The molecular formula is C16H20N2O2S. The Morgan fingerprint density at radius 2 is 1.62 bits per heavy atom. The van der Waals surface area contributed by atoms with Gasteiger partial charge in [-0.25, -0.2) is 13.1 Å². The quantitative estimate of drug-likeness (QED) is 0.914. The number of rotatable bonds is 3. The fraction of sp³-hybridized carbons (Fsp3) is 0.375. The van der Waals surface area contributed by atoms with Crippen molar-refractivity contribution in [1.29, 1.82) is 0 Å². The second kappa shape index (κ2) is 5.75. The van der Waals surface area contributed by atoms with Crippen molar-refractivity contribution in [3.8, 4) is 0 Å². The Labute approximate surface area is 125 Å². The molecule has 0 bridgehead atoms. The van der Waals surface area contributed by atoms with Crippen LogP contribution in [0, 0.1) is 0 Å². The first-order valence-electron chi connectivity index (χ1n) is 7.31. The number of benzene rings is 2. The summed E-state index contributed by atoms with van der Waals surface area (Å²) in [4.78, 5) is 0.330. The maximum Gasteiger partial charge on any atom is 0.240 e. The van der Waals surface area contributed by atoms with Crippen molar-refractivity contribution in [3.63, 3.8) is 0 Å². The van der Waals surface area contributed by atoms with Crippen LogP contribution in [0.1, 0.15) is 25.7 Å². The molecule has 0 amide bonds. The fourth-order valence-corrected chi connectivity index (χ4v) is 4.20. The first-order valence-corrected chi connectivity index (χ1v) is 8.80. The molecule has 0 atom stereocenters. The minimum Gasteiger partial charge on any atom is -0.328 e. The normalized spacial score (nSPS) is 23.3. The van der Waals surface area contributed by atoms with Crippen molar-refractivity contribution in [2.24, 2.45) is 5.73 Å². The zero-order chi connectivity index (χ0) is 14.9. The van der Waals surface area contributed by atoms with Gasteiger partial charge < -0.3 is 5.73 Å². The van der Waals surface area contributed by atoms with Crippen molar-refractivity contribution in [1.82, 2.24) is 4.72 Å². The Kier molecular flexibility index (Phi) is 3.97. The molecule has 1 saturated carbocycles. The molecule has 1 aliphatic rings. The lowest BCUT2D eigenvalue weighted by molar-refractivity contribution is 0.373. The van der Waals surface area contributed by atoms with E-state index < -0.39 is 10.0 Å². The number of hydrogen-bond acceptors (Lipinski definition) is 3. The summed E-state index contributed by atoms with van der Waals surface area (Å²) in [6.07, 6.45) is 3.39. The van der Waals surface area contributed by atoms with Gasteiger partial charge in [-0.15, -0.1) is 0 Å². The molecule has 0 spiro atoms. The molecule has 5 heteroatoms. The second-order valence-electron chi connectivity index (χ2n) is 5.74. The lowest BCUT2D eigenvalue weighted by Gasteiger charge is -2.26. The van der Waals surface area contributed by atoms with Gasteiger partial charge in [-0.2, -0.15) is 0 Å². The van der Waals surface area contributed by atoms with Gasteiger partial charge in [0.1, 0.15) is 0 Å². The molecule has 4 nitrogen and oxygen atoms in total. The largest absolute Gasteiger partial charge is 0.328 e. The summed E-state index contributed by atoms with van der Waals surface area (Å²) in [7, 11) is -3.46. The molecule has 112 valence electrons. The highest BCUT2D eigenvalue weighted by Crippen LogP contribution is 2.22. The van der Waals surface area contributed by atoms with E-state index in [-0.39, 0.29) is 12.1 Å². The van der Waals surface area contributed by atoms with Crippen LogP contribution in [0.2, 0.25) is 0 Å². The SMILES string of the molecule is NC1CCC(NS(=O)(=O)c2ccc3ccccc3c2)CC1. The third kappa shape index (κ3) is 3.26. The number of nitrogens with two attached hydrogens (primary N) is 1. The molecule has 1 aliphatic carbocycles. The van der Waals surface area contributed by atoms with Gasteiger partial charge in [-0.3, -0.25) is 0 Å². The van der Waals surface area contributed by atoms with E-state index in [9.17, 15) is 8.42 Å². The first kappa shape index (κ1) is 14.5. The second-order valence-corrected chi connectivity index (χ2v) is 7.46. The summed E-state index contributed by atoms with van der Waals surface area (Å²) in [5.41, 5.74) is 5.86. The molecule has 0 radical (unpaired) electrons. The number of fused-ring (bicyclic) bond motifs is 1. The van der Waals surface area contributed by atoms with Crippen LogP contribution in [-0.4, -0.2) is 20.5 Å². The lowest BCUT2D eigenvalue weighted by atomic mass is 9.93. The Morgan fingerprint density at radius 1 is 0.952 bits per heavy atom. The summed E-state index contributed by atoms with van der Waals surface area (Å²) >= 11 is 0. The van der Waals surface area contributed by atoms with Gasteiger partial charge in [0.15, 0.2) is 0 Å². The van der Waals surface area contributed by atoms with Crippen molar-refractivity contribution in [3.05, 3.63) is 42.5 Å². The highest BCUT2D eigenvalue weighted by molar-refractivity contribution is 7.89. The van der Waals surface area contributed by atoms with Crippen LogP contribution in [0.3, 0.4) is 0 Å². The van der Waals surface area contributed by atoms with E-state index in [0.29, 0.717) is 4.90 Å². The Bertz CT molecular complexity index is 735. The molecule has 1 fully saturated rings. The van der Waals surface area contributed by atoms with Crippen LogP contribution in [0.4, 0.5) is 0 Å². The Hall–Kier alpha value is -1.43. The third-order valence-corrected chi connectivity index (χ3v) is 5.64. The third-order valence-electron chi connectivity index (χ3n) is 4.12. The van der Waals surface area contributed by atoms with Gasteiger partial charge in [0.25, 0.3) is 0 Å². The fourth-order valence-electron chi connectivity index (χ4n) is 2.86. The molecule has 3 N–H and O–H groups in total. The summed E-state index contributed by atoms with van der Waals surface area (Å²) in [5.74, 6) is 0. The van der Waals surface area contributed by atoms with E-state index >= 15 is 0 Å². The average Bonchev–Trinajstić information content (AvgIpc) is 2.49. The van der Waals surface area contributed by atoms with Crippen molar-refractivity contribution < 1.29 is 8.42 Å². The molecule has 2 aromatic carbocycles. The van der Waals surface area contributed by atoms with Crippen LogP contribution in [0.5, 0.6) is 0 Å². The molecule has 0 aromatic heterocycles. The van der Waals surface area contributed by atoms with Crippen LogP contribution in [-0.2, 0) is 10.0 Å². The molecule has 3 rings (SSSR count). The topological polar surface area (TPSA) is 72.2 Å². The lowest BCUT2D eigenvalue weighted by Crippen LogP contribution is -2.40. The smallest absolute Gasteiger partial charge is 0.240 e. The number of sulfonamides is 1. The predicted molar refractivity (Wildman–Crippen MR) is 84.5 cm³/mol. The van der Waals surface area contributed by atoms with Crippen molar-refractivity contribution in [2.45, 2.75) is 42.7 Å². The van der Waals surface area contributed by atoms with Crippen molar-refractivity contribution in [2.75, 3.05) is 0 Å². The van der Waals surface area contributed by atoms with Gasteiger partial charge in [-0.1, -0.05) is 30.3 Å². The molecule has 0 saturated heterocycles. The van der Waals surface area contributed by atoms with E-state index in [1.165, 1.54) is 0 Å². The molecule has 0 heterocycles. The number of nitrogens with one attached hydrogen (secondary N) is 1. The van der Waals surface area contributed by atoms with E-state index in [4.69, 9.17) is 5.73 Å². The first-order chi connectivity index (χ1) is 10.0. The highest BCUT2D eigenvalue weighted by atomic mass is 32.2. The van der Waals surface area contributed by atoms with Gasteiger partial charge in [-0.05, 0) is 48.6 Å². The number of hydrogen-bond donors (Lipinski definition) is 2. The van der Waals surface area contributed by atoms with Crippen LogP contribution < -0.4 is 10.5 Å². The maximum absolute atomic E-state index is 12.5. The van der Waals surface area contributed by atoms with Gasteiger partial charge in [0, 0.05) is 12.1 Å². The van der Waals surface area contributed by atoms with E-state index in [0.717, 1.165) is 36.5 Å².